The predicted molar refractivity (Wildman–Crippen MR) is 32.7 cm³/mol. The number of hydrogen-bond donors (Lipinski definition) is 0. The number of nitrogens with zero attached hydrogens (tertiary/aromatic N) is 1. The zero-order valence-corrected chi connectivity index (χ0v) is 7.18. The molecule has 13 heavy (non-hydrogen) atoms. The second-order valence-corrected chi connectivity index (χ2v) is 2.98. The van der Waals surface area contributed by atoms with E-state index in [2.05, 4.69) is 16.7 Å². The van der Waals surface area contributed by atoms with Crippen molar-refractivity contribution in [3.63, 3.8) is 0 Å². The molecule has 2 heterocycles. The van der Waals surface area contributed by atoms with Crippen LogP contribution in [0.4, 0.5) is 0 Å². The lowest BCUT2D eigenvalue weighted by atomic mass is 10.4. The van der Waals surface area contributed by atoms with Gasteiger partial charge in [-0.3, -0.25) is 0 Å². The van der Waals surface area contributed by atoms with Crippen LogP contribution in [0.5, 0.6) is 0 Å². The topological polar surface area (TPSA) is 95.2 Å². The fraction of sp³-hybridized carbons (Fsp3) is 0. The van der Waals surface area contributed by atoms with Gasteiger partial charge in [0.1, 0.15) is 0 Å². The zero-order chi connectivity index (χ0) is 9.90. The van der Waals surface area contributed by atoms with Crippen LogP contribution in [0.15, 0.2) is 36.2 Å². The molecule has 2 rings (SSSR count). The average Bonchev–Trinajstić information content (AvgIpc) is 2.36. The molecule has 70 valence electrons. The molecule has 0 bridgehead atoms. The molecule has 0 aromatic rings. The van der Waals surface area contributed by atoms with E-state index in [4.69, 9.17) is 18.6 Å². The molecule has 5 nitrogen and oxygen atoms in total. The maximum atomic E-state index is 8.49. The molecule has 0 aliphatic carbocycles. The van der Waals surface area contributed by atoms with Crippen LogP contribution in [-0.4, -0.2) is 10.8 Å². The third kappa shape index (κ3) is 3.97. The third-order valence-electron chi connectivity index (χ3n) is 1.33. The van der Waals surface area contributed by atoms with Gasteiger partial charge in [0.2, 0.25) is 5.70 Å². The quantitative estimate of drug-likeness (QED) is 0.379. The summed E-state index contributed by atoms with van der Waals surface area (Å²) in [6.07, 6.45) is 12.3. The van der Waals surface area contributed by atoms with Gasteiger partial charge in [-0.1, -0.05) is 0 Å². The van der Waals surface area contributed by atoms with Gasteiger partial charge < -0.3 is 0 Å². The SMILES string of the molecule is C1=CC2=CC=C[N+]2=C1.[O-][Cl+3]([O-])([O-])[O-]. The minimum absolute atomic E-state index is 1.27. The summed E-state index contributed by atoms with van der Waals surface area (Å²) in [5, 5.41) is 0. The lowest BCUT2D eigenvalue weighted by Gasteiger charge is -2.17. The molecule has 0 saturated carbocycles. The van der Waals surface area contributed by atoms with Crippen molar-refractivity contribution in [1.29, 1.82) is 0 Å². The van der Waals surface area contributed by atoms with E-state index in [1.807, 2.05) is 24.6 Å². The van der Waals surface area contributed by atoms with Crippen molar-refractivity contribution >= 4 is 6.21 Å². The van der Waals surface area contributed by atoms with E-state index < -0.39 is 10.2 Å². The molecular formula is C7H6ClNO4. The van der Waals surface area contributed by atoms with Crippen molar-refractivity contribution in [1.82, 2.24) is 0 Å². The smallest absolute Gasteiger partial charge is 0.211 e. The molecule has 0 aromatic heterocycles. The number of hydrogen-bond acceptors (Lipinski definition) is 4. The first-order valence-corrected chi connectivity index (χ1v) is 4.50. The van der Waals surface area contributed by atoms with Gasteiger partial charge >= 0.3 is 0 Å². The Balaban J connectivity index is 0.000000149. The van der Waals surface area contributed by atoms with Gasteiger partial charge in [-0.15, -0.1) is 10.2 Å². The largest absolute Gasteiger partial charge is 0.222 e. The molecule has 0 atom stereocenters. The summed E-state index contributed by atoms with van der Waals surface area (Å²) in [6, 6.07) is 0. The van der Waals surface area contributed by atoms with Crippen molar-refractivity contribution in [3.05, 3.63) is 36.2 Å². The van der Waals surface area contributed by atoms with Crippen LogP contribution in [0, 0.1) is 10.2 Å². The van der Waals surface area contributed by atoms with Crippen LogP contribution in [0.2, 0.25) is 0 Å². The third-order valence-corrected chi connectivity index (χ3v) is 1.33. The Labute approximate surface area is 76.6 Å². The van der Waals surface area contributed by atoms with E-state index in [9.17, 15) is 0 Å². The summed E-state index contributed by atoms with van der Waals surface area (Å²) in [5.74, 6) is 0. The Morgan fingerprint density at radius 2 is 1.69 bits per heavy atom. The number of allylic oxidation sites excluding steroid dienone is 4. The summed E-state index contributed by atoms with van der Waals surface area (Å²) < 4.78 is 36.1. The van der Waals surface area contributed by atoms with Crippen LogP contribution in [-0.2, 0) is 0 Å². The number of halogens is 1. The fourth-order valence-corrected chi connectivity index (χ4v) is 0.918. The van der Waals surface area contributed by atoms with E-state index in [1.165, 1.54) is 5.70 Å². The van der Waals surface area contributed by atoms with E-state index in [-0.39, 0.29) is 0 Å². The predicted octanol–water partition coefficient (Wildman–Crippen LogP) is -3.71. The number of rotatable bonds is 0. The molecule has 2 aliphatic heterocycles. The summed E-state index contributed by atoms with van der Waals surface area (Å²) in [7, 11) is -4.94. The van der Waals surface area contributed by atoms with Crippen molar-refractivity contribution in [2.75, 3.05) is 0 Å². The van der Waals surface area contributed by atoms with Gasteiger partial charge in [0, 0.05) is 24.3 Å². The van der Waals surface area contributed by atoms with E-state index in [0.29, 0.717) is 0 Å². The summed E-state index contributed by atoms with van der Waals surface area (Å²) in [6.45, 7) is 0. The second-order valence-electron chi connectivity index (χ2n) is 2.23. The Morgan fingerprint density at radius 3 is 2.23 bits per heavy atom. The highest BCUT2D eigenvalue weighted by atomic mass is 35.7. The molecule has 0 fully saturated rings. The van der Waals surface area contributed by atoms with Crippen LogP contribution in [0.25, 0.3) is 0 Å². The van der Waals surface area contributed by atoms with E-state index in [1.54, 1.807) is 0 Å². The first kappa shape index (κ1) is 10.1. The highest BCUT2D eigenvalue weighted by Crippen LogP contribution is 2.10. The monoisotopic (exact) mass is 203 g/mol. The maximum absolute atomic E-state index is 8.49. The molecule has 0 radical (unpaired) electrons. The maximum Gasteiger partial charge on any atom is 0.211 e. The van der Waals surface area contributed by atoms with Gasteiger partial charge in [-0.25, -0.2) is 18.6 Å². The van der Waals surface area contributed by atoms with Crippen LogP contribution in [0.1, 0.15) is 0 Å². The normalized spacial score (nSPS) is 17.5. The van der Waals surface area contributed by atoms with Crippen LogP contribution < -0.4 is 18.6 Å². The lowest BCUT2D eigenvalue weighted by Crippen LogP contribution is -2.68. The van der Waals surface area contributed by atoms with Crippen LogP contribution in [0.3, 0.4) is 0 Å². The van der Waals surface area contributed by atoms with Gasteiger partial charge in [-0.05, 0) is 0 Å². The lowest BCUT2D eigenvalue weighted by molar-refractivity contribution is -2.00. The number of fused-ring (bicyclic) bond motifs is 1. The Bertz CT molecular complexity index is 279. The highest BCUT2D eigenvalue weighted by Gasteiger charge is 2.13. The summed E-state index contributed by atoms with van der Waals surface area (Å²) in [5.41, 5.74) is 1.27. The molecule has 2 aliphatic rings. The first-order chi connectivity index (χ1) is 5.97. The molecule has 6 heteroatoms. The fourth-order valence-electron chi connectivity index (χ4n) is 0.918. The molecule has 0 spiro atoms. The highest BCUT2D eigenvalue weighted by molar-refractivity contribution is 5.71. The van der Waals surface area contributed by atoms with Gasteiger partial charge in [0.25, 0.3) is 0 Å². The van der Waals surface area contributed by atoms with E-state index in [0.717, 1.165) is 0 Å². The average molecular weight is 204 g/mol. The van der Waals surface area contributed by atoms with Gasteiger partial charge in [0.15, 0.2) is 12.4 Å². The van der Waals surface area contributed by atoms with Crippen molar-refractivity contribution in [2.24, 2.45) is 0 Å². The van der Waals surface area contributed by atoms with Gasteiger partial charge in [0.05, 0.1) is 0 Å². The molecule has 0 aromatic carbocycles. The van der Waals surface area contributed by atoms with Gasteiger partial charge in [-0.2, -0.15) is 4.58 Å². The standard InChI is InChI=1S/C7H6N.ClHO4/c1-3-7-4-2-6-8(7)5-1;2-1(3,4)5/h1-6H;(H,2,3,4,5)/q+1;/p-1. The molecule has 0 unspecified atom stereocenters. The molecular weight excluding hydrogens is 198 g/mol. The van der Waals surface area contributed by atoms with Crippen molar-refractivity contribution in [2.45, 2.75) is 0 Å². The van der Waals surface area contributed by atoms with Crippen molar-refractivity contribution < 1.29 is 33.5 Å². The Kier molecular flexibility index (Phi) is 2.97. The van der Waals surface area contributed by atoms with Crippen LogP contribution >= 0.6 is 0 Å². The summed E-state index contributed by atoms with van der Waals surface area (Å²) >= 11 is 0. The Morgan fingerprint density at radius 1 is 1.08 bits per heavy atom. The Hall–Kier alpha value is -0.980. The molecule has 0 amide bonds. The minimum Gasteiger partial charge on any atom is -0.222 e. The molecule has 0 saturated heterocycles. The van der Waals surface area contributed by atoms with Crippen molar-refractivity contribution in [3.8, 4) is 0 Å². The van der Waals surface area contributed by atoms with E-state index >= 15 is 0 Å². The summed E-state index contributed by atoms with van der Waals surface area (Å²) in [4.78, 5) is 0. The first-order valence-electron chi connectivity index (χ1n) is 3.27. The zero-order valence-electron chi connectivity index (χ0n) is 6.42. The molecule has 0 N–H and O–H groups in total. The second kappa shape index (κ2) is 3.82. The minimum atomic E-state index is -4.94.